The molecule has 0 amide bonds. The van der Waals surface area contributed by atoms with Gasteiger partial charge >= 0.3 is 0 Å². The smallest absolute Gasteiger partial charge is 0.240 e. The zero-order valence-corrected chi connectivity index (χ0v) is 19.5. The first-order valence-electron chi connectivity index (χ1n) is 10.7. The normalized spacial score (nSPS) is 17.2. The molecule has 0 aliphatic carbocycles. The quantitative estimate of drug-likeness (QED) is 0.377. The number of nitrogens with zero attached hydrogens (tertiary/aromatic N) is 2. The van der Waals surface area contributed by atoms with Crippen LogP contribution in [0.1, 0.15) is 32.3 Å². The van der Waals surface area contributed by atoms with E-state index in [2.05, 4.69) is 39.1 Å². The van der Waals surface area contributed by atoms with Crippen molar-refractivity contribution in [2.45, 2.75) is 44.2 Å². The van der Waals surface area contributed by atoms with Gasteiger partial charge in [0.2, 0.25) is 10.0 Å². The number of hydrogen-bond acceptors (Lipinski definition) is 5. The number of nitrogens with one attached hydrogen (secondary N) is 3. The van der Waals surface area contributed by atoms with Crippen molar-refractivity contribution < 1.29 is 13.2 Å². The number of benzene rings is 1. The van der Waals surface area contributed by atoms with Crippen molar-refractivity contribution in [3.8, 4) is 0 Å². The predicted octanol–water partition coefficient (Wildman–Crippen LogP) is 1.40. The van der Waals surface area contributed by atoms with E-state index >= 15 is 0 Å². The molecule has 1 aliphatic heterocycles. The number of morpholine rings is 1. The molecule has 1 aromatic rings. The average molecular weight is 440 g/mol. The molecule has 2 rings (SSSR count). The highest BCUT2D eigenvalue weighted by atomic mass is 32.2. The number of hydrogen-bond donors (Lipinski definition) is 3. The maximum Gasteiger partial charge on any atom is 0.240 e. The van der Waals surface area contributed by atoms with Crippen molar-refractivity contribution in [3.63, 3.8) is 0 Å². The summed E-state index contributed by atoms with van der Waals surface area (Å²) in [4.78, 5) is 7.14. The third-order valence-electron chi connectivity index (χ3n) is 5.77. The molecule has 0 aromatic heterocycles. The van der Waals surface area contributed by atoms with Crippen molar-refractivity contribution in [1.82, 2.24) is 20.3 Å². The summed E-state index contributed by atoms with van der Waals surface area (Å²) in [6, 6.07) is 7.28. The molecule has 1 unspecified atom stereocenters. The first-order chi connectivity index (χ1) is 14.4. The van der Waals surface area contributed by atoms with E-state index < -0.39 is 10.0 Å². The Bertz CT molecular complexity index is 757. The van der Waals surface area contributed by atoms with Crippen LogP contribution in [0.25, 0.3) is 0 Å². The second-order valence-corrected chi connectivity index (χ2v) is 9.34. The lowest BCUT2D eigenvalue weighted by atomic mass is 9.92. The summed E-state index contributed by atoms with van der Waals surface area (Å²) in [5, 5.41) is 6.80. The van der Waals surface area contributed by atoms with Crippen LogP contribution >= 0.6 is 0 Å². The molecule has 9 heteroatoms. The number of aliphatic imine (C=N–C) groups is 1. The van der Waals surface area contributed by atoms with Crippen molar-refractivity contribution in [1.29, 1.82) is 0 Å². The Labute approximate surface area is 181 Å². The molecular formula is C21H37N5O3S. The standard InChI is InChI=1S/C21H37N5O3S/c1-5-18(6-2)20(26-11-13-29-14-12-26)16-25-21(22-3)24-15-17-7-9-19(10-8-17)30(27,28)23-4/h7-10,18,20,23H,5-6,11-16H2,1-4H3,(H2,22,24,25). The van der Waals surface area contributed by atoms with Crippen molar-refractivity contribution in [2.75, 3.05) is 46.9 Å². The van der Waals surface area contributed by atoms with Gasteiger partial charge in [-0.15, -0.1) is 0 Å². The first kappa shape index (κ1) is 24.6. The van der Waals surface area contributed by atoms with Crippen LogP contribution in [0.4, 0.5) is 0 Å². The Morgan fingerprint density at radius 3 is 2.30 bits per heavy atom. The highest BCUT2D eigenvalue weighted by Gasteiger charge is 2.27. The number of guanidine groups is 1. The molecule has 0 radical (unpaired) electrons. The molecule has 0 saturated carbocycles. The molecule has 1 fully saturated rings. The molecule has 1 saturated heterocycles. The first-order valence-corrected chi connectivity index (χ1v) is 12.2. The van der Waals surface area contributed by atoms with Crippen molar-refractivity contribution in [3.05, 3.63) is 29.8 Å². The molecule has 1 aromatic carbocycles. The fourth-order valence-electron chi connectivity index (χ4n) is 3.85. The van der Waals surface area contributed by atoms with Gasteiger partial charge in [0.05, 0.1) is 18.1 Å². The van der Waals surface area contributed by atoms with Gasteiger partial charge in [-0.3, -0.25) is 9.89 Å². The summed E-state index contributed by atoms with van der Waals surface area (Å²) in [7, 11) is -0.241. The SMILES string of the molecule is CCC(CC)C(CNC(=NC)NCc1ccc(S(=O)(=O)NC)cc1)N1CCOCC1. The van der Waals surface area contributed by atoms with Crippen molar-refractivity contribution >= 4 is 16.0 Å². The topological polar surface area (TPSA) is 95.1 Å². The second kappa shape index (κ2) is 12.2. The molecule has 1 aliphatic rings. The van der Waals surface area contributed by atoms with E-state index in [0.29, 0.717) is 18.5 Å². The zero-order valence-electron chi connectivity index (χ0n) is 18.6. The van der Waals surface area contributed by atoms with E-state index in [-0.39, 0.29) is 4.90 Å². The molecule has 8 nitrogen and oxygen atoms in total. The molecule has 0 spiro atoms. The average Bonchev–Trinajstić information content (AvgIpc) is 2.79. The van der Waals surface area contributed by atoms with Crippen LogP contribution in [-0.2, 0) is 21.3 Å². The molecule has 3 N–H and O–H groups in total. The van der Waals surface area contributed by atoms with E-state index in [1.165, 1.54) is 7.05 Å². The van der Waals surface area contributed by atoms with Gasteiger partial charge in [0.25, 0.3) is 0 Å². The summed E-state index contributed by atoms with van der Waals surface area (Å²) in [6.45, 7) is 9.43. The van der Waals surface area contributed by atoms with Crippen LogP contribution in [-0.4, -0.2) is 72.3 Å². The minimum atomic E-state index is -3.41. The Kier molecular flexibility index (Phi) is 10.0. The van der Waals surface area contributed by atoms with E-state index in [1.807, 2.05) is 12.1 Å². The molecule has 30 heavy (non-hydrogen) atoms. The van der Waals surface area contributed by atoms with Crippen LogP contribution in [0.2, 0.25) is 0 Å². The van der Waals surface area contributed by atoms with Gasteiger partial charge < -0.3 is 15.4 Å². The van der Waals surface area contributed by atoms with Crippen molar-refractivity contribution in [2.24, 2.45) is 10.9 Å². The lowest BCUT2D eigenvalue weighted by Crippen LogP contribution is -2.53. The number of rotatable bonds is 10. The van der Waals surface area contributed by atoms with Crippen LogP contribution in [0.3, 0.4) is 0 Å². The monoisotopic (exact) mass is 439 g/mol. The third kappa shape index (κ3) is 6.94. The Hall–Kier alpha value is -1.68. The third-order valence-corrected chi connectivity index (χ3v) is 7.20. The second-order valence-electron chi connectivity index (χ2n) is 7.45. The maximum absolute atomic E-state index is 11.8. The molecule has 1 atom stereocenters. The summed E-state index contributed by atoms with van der Waals surface area (Å²) in [6.07, 6.45) is 2.29. The largest absolute Gasteiger partial charge is 0.379 e. The van der Waals surface area contributed by atoms with E-state index in [9.17, 15) is 8.42 Å². The highest BCUT2D eigenvalue weighted by Crippen LogP contribution is 2.19. The van der Waals surface area contributed by atoms with Gasteiger partial charge in [-0.2, -0.15) is 0 Å². The highest BCUT2D eigenvalue weighted by molar-refractivity contribution is 7.89. The van der Waals surface area contributed by atoms with Gasteiger partial charge in [0.15, 0.2) is 5.96 Å². The fraction of sp³-hybridized carbons (Fsp3) is 0.667. The summed E-state index contributed by atoms with van der Waals surface area (Å²) < 4.78 is 31.5. The Morgan fingerprint density at radius 1 is 1.13 bits per heavy atom. The zero-order chi connectivity index (χ0) is 22.0. The fourth-order valence-corrected chi connectivity index (χ4v) is 4.58. The summed E-state index contributed by atoms with van der Waals surface area (Å²) >= 11 is 0. The predicted molar refractivity (Wildman–Crippen MR) is 121 cm³/mol. The van der Waals surface area contributed by atoms with Crippen LogP contribution in [0, 0.1) is 5.92 Å². The molecular weight excluding hydrogens is 402 g/mol. The molecule has 0 bridgehead atoms. The van der Waals surface area contributed by atoms with Gasteiger partial charge in [-0.1, -0.05) is 38.8 Å². The van der Waals surface area contributed by atoms with Gasteiger partial charge in [0.1, 0.15) is 0 Å². The Balaban J connectivity index is 1.93. The molecule has 170 valence electrons. The van der Waals surface area contributed by atoms with E-state index in [0.717, 1.165) is 57.2 Å². The molecule has 1 heterocycles. The van der Waals surface area contributed by atoms with Gasteiger partial charge in [-0.05, 0) is 30.7 Å². The Morgan fingerprint density at radius 2 is 1.77 bits per heavy atom. The number of ether oxygens (including phenoxy) is 1. The lowest BCUT2D eigenvalue weighted by Gasteiger charge is -2.39. The van der Waals surface area contributed by atoms with Crippen LogP contribution in [0.5, 0.6) is 0 Å². The number of sulfonamides is 1. The lowest BCUT2D eigenvalue weighted by molar-refractivity contribution is 0.00272. The van der Waals surface area contributed by atoms with Gasteiger partial charge in [0, 0.05) is 39.3 Å². The minimum Gasteiger partial charge on any atom is -0.379 e. The van der Waals surface area contributed by atoms with Crippen LogP contribution in [0.15, 0.2) is 34.2 Å². The minimum absolute atomic E-state index is 0.259. The van der Waals surface area contributed by atoms with Gasteiger partial charge in [-0.25, -0.2) is 13.1 Å². The summed E-state index contributed by atoms with van der Waals surface area (Å²) in [5.74, 6) is 1.36. The summed E-state index contributed by atoms with van der Waals surface area (Å²) in [5.41, 5.74) is 0.984. The van der Waals surface area contributed by atoms with E-state index in [1.54, 1.807) is 19.2 Å². The maximum atomic E-state index is 11.8. The van der Waals surface area contributed by atoms with Crippen LogP contribution < -0.4 is 15.4 Å². The van der Waals surface area contributed by atoms with E-state index in [4.69, 9.17) is 4.74 Å².